The molecule has 94 valence electrons. The molecule has 0 aliphatic rings. The van der Waals surface area contributed by atoms with Crippen molar-refractivity contribution in [2.75, 3.05) is 0 Å². The zero-order chi connectivity index (χ0) is 13.1. The van der Waals surface area contributed by atoms with Crippen molar-refractivity contribution in [1.82, 2.24) is 5.32 Å². The smallest absolute Gasteiger partial charge is 0.453 e. The van der Waals surface area contributed by atoms with E-state index in [1.54, 1.807) is 0 Å². The van der Waals surface area contributed by atoms with Gasteiger partial charge in [-0.3, -0.25) is 4.79 Å². The quantitative estimate of drug-likeness (QED) is 0.735. The van der Waals surface area contributed by atoms with Crippen molar-refractivity contribution >= 4 is 11.9 Å². The van der Waals surface area contributed by atoms with Crippen LogP contribution in [0.2, 0.25) is 0 Å². The van der Waals surface area contributed by atoms with Crippen LogP contribution in [0, 0.1) is 0 Å². The summed E-state index contributed by atoms with van der Waals surface area (Å²) in [4.78, 5) is 20.7. The summed E-state index contributed by atoms with van der Waals surface area (Å²) in [5, 5.41) is 9.82. The highest BCUT2D eigenvalue weighted by Crippen LogP contribution is 2.38. The number of halogens is 5. The Morgan fingerprint density at radius 1 is 1.25 bits per heavy atom. The van der Waals surface area contributed by atoms with Crippen molar-refractivity contribution in [1.29, 1.82) is 0 Å². The van der Waals surface area contributed by atoms with Crippen LogP contribution in [0.25, 0.3) is 0 Å². The molecule has 0 aliphatic carbocycles. The largest absolute Gasteiger partial charge is 0.480 e. The van der Waals surface area contributed by atoms with Gasteiger partial charge in [0.25, 0.3) is 0 Å². The minimum absolute atomic E-state index is 0.807. The van der Waals surface area contributed by atoms with Crippen LogP contribution in [0.1, 0.15) is 13.3 Å². The van der Waals surface area contributed by atoms with Crippen LogP contribution >= 0.6 is 0 Å². The third-order valence-electron chi connectivity index (χ3n) is 1.55. The van der Waals surface area contributed by atoms with Crippen LogP contribution in [0.4, 0.5) is 22.0 Å². The first-order valence-corrected chi connectivity index (χ1v) is 3.92. The van der Waals surface area contributed by atoms with E-state index in [0.29, 0.717) is 0 Å². The molecule has 1 unspecified atom stereocenters. The number of rotatable bonds is 4. The monoisotopic (exact) mass is 249 g/mol. The number of alkyl halides is 5. The second kappa shape index (κ2) is 4.62. The van der Waals surface area contributed by atoms with Crippen LogP contribution in [-0.4, -0.2) is 35.1 Å². The maximum absolute atomic E-state index is 12.5. The molecule has 0 aromatic heterocycles. The Balaban J connectivity index is 4.76. The topological polar surface area (TPSA) is 66.4 Å². The van der Waals surface area contributed by atoms with E-state index in [9.17, 15) is 31.5 Å². The van der Waals surface area contributed by atoms with E-state index >= 15 is 0 Å². The van der Waals surface area contributed by atoms with Gasteiger partial charge in [0.05, 0.1) is 6.42 Å². The lowest BCUT2D eigenvalue weighted by Crippen LogP contribution is -2.48. The summed E-state index contributed by atoms with van der Waals surface area (Å²) in [6, 6.07) is -2.28. The molecule has 2 N–H and O–H groups in total. The van der Waals surface area contributed by atoms with Crippen LogP contribution in [0.15, 0.2) is 0 Å². The van der Waals surface area contributed by atoms with E-state index in [1.165, 1.54) is 5.32 Å². The van der Waals surface area contributed by atoms with Gasteiger partial charge in [-0.15, -0.1) is 0 Å². The first-order valence-electron chi connectivity index (χ1n) is 3.92. The summed E-state index contributed by atoms with van der Waals surface area (Å²) in [5.74, 6) is -8.14. The molecule has 0 bridgehead atoms. The van der Waals surface area contributed by atoms with Gasteiger partial charge in [0, 0.05) is 6.92 Å². The van der Waals surface area contributed by atoms with E-state index in [4.69, 9.17) is 5.11 Å². The summed E-state index contributed by atoms with van der Waals surface area (Å²) in [5.41, 5.74) is 0. The molecule has 0 heterocycles. The fourth-order valence-electron chi connectivity index (χ4n) is 0.818. The maximum Gasteiger partial charge on any atom is 0.453 e. The number of hydrogen-bond acceptors (Lipinski definition) is 2. The Hall–Kier alpha value is -1.41. The summed E-state index contributed by atoms with van der Waals surface area (Å²) in [7, 11) is 0. The predicted octanol–water partition coefficient (Wildman–Crippen LogP) is 1.16. The van der Waals surface area contributed by atoms with Gasteiger partial charge < -0.3 is 10.4 Å². The number of carbonyl (C=O) groups is 2. The first kappa shape index (κ1) is 14.6. The van der Waals surface area contributed by atoms with Crippen LogP contribution in [0.3, 0.4) is 0 Å². The Labute approximate surface area is 86.4 Å². The van der Waals surface area contributed by atoms with Gasteiger partial charge in [-0.2, -0.15) is 22.0 Å². The van der Waals surface area contributed by atoms with Gasteiger partial charge >= 0.3 is 18.1 Å². The highest BCUT2D eigenvalue weighted by Gasteiger charge is 2.58. The van der Waals surface area contributed by atoms with Crippen molar-refractivity contribution in [2.24, 2.45) is 0 Å². The summed E-state index contributed by atoms with van der Waals surface area (Å²) >= 11 is 0. The third-order valence-corrected chi connectivity index (χ3v) is 1.55. The minimum Gasteiger partial charge on any atom is -0.480 e. The van der Waals surface area contributed by atoms with Crippen molar-refractivity contribution in [3.05, 3.63) is 0 Å². The lowest BCUT2D eigenvalue weighted by Gasteiger charge is -2.23. The second-order valence-corrected chi connectivity index (χ2v) is 3.00. The van der Waals surface area contributed by atoms with Crippen LogP contribution in [0.5, 0.6) is 0 Å². The normalized spacial score (nSPS) is 14.4. The van der Waals surface area contributed by atoms with Gasteiger partial charge in [0.15, 0.2) is 0 Å². The number of carbonyl (C=O) groups excluding carboxylic acids is 1. The Kier molecular flexibility index (Phi) is 4.21. The molecule has 0 aromatic carbocycles. The molecule has 0 saturated carbocycles. The van der Waals surface area contributed by atoms with Crippen molar-refractivity contribution < 1.29 is 36.6 Å². The third kappa shape index (κ3) is 3.99. The number of amides is 1. The molecule has 0 rings (SSSR count). The highest BCUT2D eigenvalue weighted by atomic mass is 19.4. The van der Waals surface area contributed by atoms with Gasteiger partial charge in [-0.25, -0.2) is 4.79 Å². The van der Waals surface area contributed by atoms with E-state index in [0.717, 1.165) is 6.92 Å². The number of nitrogens with one attached hydrogen (secondary N) is 1. The maximum atomic E-state index is 12.5. The molecule has 0 aromatic rings. The van der Waals surface area contributed by atoms with Gasteiger partial charge in [0.2, 0.25) is 5.91 Å². The van der Waals surface area contributed by atoms with E-state index in [1.807, 2.05) is 0 Å². The van der Waals surface area contributed by atoms with Crippen LogP contribution < -0.4 is 5.32 Å². The zero-order valence-electron chi connectivity index (χ0n) is 7.94. The standard InChI is InChI=1S/C7H8F5NO3/c1-3(14)13-4(5(15)16)2-6(8,9)7(10,11)12/h4H,2H2,1H3,(H,13,14)(H,15,16). The van der Waals surface area contributed by atoms with E-state index in [2.05, 4.69) is 0 Å². The molecule has 4 nitrogen and oxygen atoms in total. The summed E-state index contributed by atoms with van der Waals surface area (Å²) in [6.45, 7) is 0.807. The molecule has 0 radical (unpaired) electrons. The van der Waals surface area contributed by atoms with E-state index in [-0.39, 0.29) is 0 Å². The van der Waals surface area contributed by atoms with Crippen molar-refractivity contribution in [2.45, 2.75) is 31.5 Å². The van der Waals surface area contributed by atoms with Gasteiger partial charge in [0.1, 0.15) is 6.04 Å². The molecule has 0 spiro atoms. The minimum atomic E-state index is -5.85. The van der Waals surface area contributed by atoms with Crippen LogP contribution in [-0.2, 0) is 9.59 Å². The van der Waals surface area contributed by atoms with E-state index < -0.39 is 36.4 Å². The van der Waals surface area contributed by atoms with Crippen molar-refractivity contribution in [3.63, 3.8) is 0 Å². The SMILES string of the molecule is CC(=O)NC(CC(F)(F)C(F)(F)F)C(=O)O. The summed E-state index contributed by atoms with van der Waals surface area (Å²) in [6.07, 6.45) is -7.88. The Morgan fingerprint density at radius 2 is 1.69 bits per heavy atom. The number of hydrogen-bond donors (Lipinski definition) is 2. The Bertz CT molecular complexity index is 288. The number of carboxylic acids is 1. The van der Waals surface area contributed by atoms with Gasteiger partial charge in [-0.1, -0.05) is 0 Å². The average Bonchev–Trinajstić information content (AvgIpc) is 1.98. The molecule has 0 fully saturated rings. The molecule has 0 aliphatic heterocycles. The second-order valence-electron chi connectivity index (χ2n) is 3.00. The number of carboxylic acid groups (broad SMARTS) is 1. The molecule has 1 atom stereocenters. The number of aliphatic carboxylic acids is 1. The molecule has 1 amide bonds. The fourth-order valence-corrected chi connectivity index (χ4v) is 0.818. The van der Waals surface area contributed by atoms with Crippen molar-refractivity contribution in [3.8, 4) is 0 Å². The highest BCUT2D eigenvalue weighted by molar-refractivity contribution is 5.82. The lowest BCUT2D eigenvalue weighted by molar-refractivity contribution is -0.285. The summed E-state index contributed by atoms with van der Waals surface area (Å²) < 4.78 is 60.1. The Morgan fingerprint density at radius 3 is 1.94 bits per heavy atom. The van der Waals surface area contributed by atoms with Gasteiger partial charge in [-0.05, 0) is 0 Å². The fraction of sp³-hybridized carbons (Fsp3) is 0.714. The average molecular weight is 249 g/mol. The predicted molar refractivity (Wildman–Crippen MR) is 40.9 cm³/mol. The lowest BCUT2D eigenvalue weighted by atomic mass is 10.1. The molecule has 9 heteroatoms. The zero-order valence-corrected chi connectivity index (χ0v) is 7.94. The molecule has 0 saturated heterocycles. The molecular weight excluding hydrogens is 241 g/mol. The first-order chi connectivity index (χ1) is 6.97. The molecule has 16 heavy (non-hydrogen) atoms. The molecular formula is C7H8F5NO3.